The van der Waals surface area contributed by atoms with Gasteiger partial charge in [0.2, 0.25) is 0 Å². The van der Waals surface area contributed by atoms with Gasteiger partial charge in [0, 0.05) is 5.56 Å². The minimum atomic E-state index is -1.39. The summed E-state index contributed by atoms with van der Waals surface area (Å²) in [5.74, 6) is 2.95. The zero-order chi connectivity index (χ0) is 23.1. The van der Waals surface area contributed by atoms with Gasteiger partial charge in [-0.25, -0.2) is 4.79 Å². The first-order valence-electron chi connectivity index (χ1n) is 10.5. The van der Waals surface area contributed by atoms with Crippen molar-refractivity contribution in [3.05, 3.63) is 48.0 Å². The molecule has 172 valence electrons. The fourth-order valence-electron chi connectivity index (χ4n) is 3.89. The van der Waals surface area contributed by atoms with E-state index in [-0.39, 0.29) is 12.2 Å². The second kappa shape index (κ2) is 8.60. The van der Waals surface area contributed by atoms with Crippen LogP contribution in [0.4, 0.5) is 0 Å². The Morgan fingerprint density at radius 2 is 1.84 bits per heavy atom. The van der Waals surface area contributed by atoms with Crippen molar-refractivity contribution in [2.75, 3.05) is 6.61 Å². The van der Waals surface area contributed by atoms with Gasteiger partial charge in [-0.3, -0.25) is 0 Å². The van der Waals surface area contributed by atoms with E-state index in [1.54, 1.807) is 39.8 Å². The minimum absolute atomic E-state index is 0.183. The number of esters is 1. The molecule has 0 spiro atoms. The van der Waals surface area contributed by atoms with Gasteiger partial charge in [-0.15, -0.1) is 0 Å². The summed E-state index contributed by atoms with van der Waals surface area (Å²) in [7, 11) is 0. The highest BCUT2D eigenvalue weighted by Gasteiger charge is 2.60. The third-order valence-electron chi connectivity index (χ3n) is 5.39. The Labute approximate surface area is 187 Å². The van der Waals surface area contributed by atoms with Crippen LogP contribution in [0.1, 0.15) is 33.3 Å². The molecule has 3 saturated heterocycles. The van der Waals surface area contributed by atoms with E-state index in [0.29, 0.717) is 5.56 Å². The molecule has 3 fully saturated rings. The Morgan fingerprint density at radius 3 is 2.50 bits per heavy atom. The molecule has 0 aromatic heterocycles. The summed E-state index contributed by atoms with van der Waals surface area (Å²) in [6.07, 6.45) is -4.78. The Kier molecular flexibility index (Phi) is 6.16. The van der Waals surface area contributed by atoms with E-state index < -0.39 is 54.4 Å². The summed E-state index contributed by atoms with van der Waals surface area (Å²) in [5.41, 5.74) is 0.525. The number of aliphatic hydroxyl groups excluding tert-OH is 1. The van der Waals surface area contributed by atoms with E-state index in [1.807, 2.05) is 18.2 Å². The largest absolute Gasteiger partial charge is 0.453 e. The summed E-state index contributed by atoms with van der Waals surface area (Å²) in [5, 5.41) is 10.3. The number of fused-ring (bicyclic) bond motifs is 1. The highest BCUT2D eigenvalue weighted by atomic mass is 16.8. The van der Waals surface area contributed by atoms with Crippen molar-refractivity contribution in [1.29, 1.82) is 0 Å². The van der Waals surface area contributed by atoms with E-state index >= 15 is 0 Å². The molecule has 8 nitrogen and oxygen atoms in total. The Morgan fingerprint density at radius 1 is 1.12 bits per heavy atom. The molecular weight excluding hydrogens is 416 g/mol. The predicted octanol–water partition coefficient (Wildman–Crippen LogP) is 1.89. The maximum Gasteiger partial charge on any atom is 0.337 e. The highest BCUT2D eigenvalue weighted by molar-refractivity contribution is 5.89. The number of benzene rings is 1. The topological polar surface area (TPSA) is 92.7 Å². The SMILES string of the molecule is C=C(C(=O)O[C@@H]1[C@H]2OC(C)(C)O[C@H]2O[C@@H]1[C@H]1COC(C)(C)O1)C(O)C#Cc1ccccc1. The molecule has 0 radical (unpaired) electrons. The first-order chi connectivity index (χ1) is 15.0. The molecule has 3 aliphatic heterocycles. The third-order valence-corrected chi connectivity index (χ3v) is 5.39. The molecule has 4 rings (SSSR count). The van der Waals surface area contributed by atoms with Gasteiger partial charge in [-0.1, -0.05) is 36.6 Å². The summed E-state index contributed by atoms with van der Waals surface area (Å²) in [4.78, 5) is 12.8. The minimum Gasteiger partial charge on any atom is -0.453 e. The predicted molar refractivity (Wildman–Crippen MR) is 112 cm³/mol. The van der Waals surface area contributed by atoms with Gasteiger partial charge in [-0.2, -0.15) is 0 Å². The Balaban J connectivity index is 1.47. The molecule has 1 aromatic rings. The van der Waals surface area contributed by atoms with Crippen molar-refractivity contribution < 1.29 is 38.3 Å². The van der Waals surface area contributed by atoms with Crippen LogP contribution in [-0.2, 0) is 33.2 Å². The molecule has 0 aliphatic carbocycles. The van der Waals surface area contributed by atoms with Gasteiger partial charge in [0.1, 0.15) is 18.3 Å². The molecule has 3 heterocycles. The maximum atomic E-state index is 12.8. The van der Waals surface area contributed by atoms with Crippen molar-refractivity contribution in [2.24, 2.45) is 0 Å². The zero-order valence-electron chi connectivity index (χ0n) is 18.6. The molecule has 1 aromatic carbocycles. The summed E-state index contributed by atoms with van der Waals surface area (Å²) in [6, 6.07) is 9.12. The van der Waals surface area contributed by atoms with Crippen molar-refractivity contribution in [1.82, 2.24) is 0 Å². The molecule has 0 saturated carbocycles. The summed E-state index contributed by atoms with van der Waals surface area (Å²) in [6.45, 7) is 11.0. The lowest BCUT2D eigenvalue weighted by atomic mass is 10.1. The number of ether oxygens (including phenoxy) is 6. The number of aliphatic hydroxyl groups is 1. The quantitative estimate of drug-likeness (QED) is 0.428. The fraction of sp³-hybridized carbons (Fsp3) is 0.542. The second-order valence-electron chi connectivity index (χ2n) is 8.87. The van der Waals surface area contributed by atoms with Crippen LogP contribution >= 0.6 is 0 Å². The molecule has 0 amide bonds. The first-order valence-corrected chi connectivity index (χ1v) is 10.5. The van der Waals surface area contributed by atoms with Crippen LogP contribution in [0, 0.1) is 11.8 Å². The molecular formula is C24H28O8. The average molecular weight is 444 g/mol. The van der Waals surface area contributed by atoms with E-state index in [1.165, 1.54) is 0 Å². The van der Waals surface area contributed by atoms with Crippen LogP contribution in [0.2, 0.25) is 0 Å². The number of hydrogen-bond donors (Lipinski definition) is 1. The number of carbonyl (C=O) groups excluding carboxylic acids is 1. The Hall–Kier alpha value is -2.25. The second-order valence-corrected chi connectivity index (χ2v) is 8.87. The molecule has 32 heavy (non-hydrogen) atoms. The van der Waals surface area contributed by atoms with Crippen LogP contribution in [0.3, 0.4) is 0 Å². The van der Waals surface area contributed by atoms with Crippen LogP contribution in [0.25, 0.3) is 0 Å². The van der Waals surface area contributed by atoms with Crippen molar-refractivity contribution >= 4 is 5.97 Å². The average Bonchev–Trinajstić information content (AvgIpc) is 3.35. The van der Waals surface area contributed by atoms with Gasteiger partial charge in [0.25, 0.3) is 0 Å². The van der Waals surface area contributed by atoms with E-state index in [0.717, 1.165) is 0 Å². The molecule has 1 N–H and O–H groups in total. The number of hydrogen-bond acceptors (Lipinski definition) is 8. The van der Waals surface area contributed by atoms with Crippen molar-refractivity contribution in [3.63, 3.8) is 0 Å². The smallest absolute Gasteiger partial charge is 0.337 e. The first kappa shape index (κ1) is 22.9. The van der Waals surface area contributed by atoms with Gasteiger partial charge < -0.3 is 33.5 Å². The van der Waals surface area contributed by atoms with Crippen molar-refractivity contribution in [3.8, 4) is 11.8 Å². The number of carbonyl (C=O) groups is 1. The fourth-order valence-corrected chi connectivity index (χ4v) is 3.89. The normalized spacial score (nSPS) is 33.1. The van der Waals surface area contributed by atoms with E-state index in [9.17, 15) is 9.90 Å². The van der Waals surface area contributed by atoms with Crippen LogP contribution in [-0.4, -0.2) is 66.1 Å². The van der Waals surface area contributed by atoms with Gasteiger partial charge in [0.05, 0.1) is 12.2 Å². The molecule has 3 aliphatic rings. The third kappa shape index (κ3) is 4.89. The van der Waals surface area contributed by atoms with E-state index in [4.69, 9.17) is 28.4 Å². The van der Waals surface area contributed by atoms with Crippen LogP contribution in [0.15, 0.2) is 42.5 Å². The van der Waals surface area contributed by atoms with Gasteiger partial charge in [-0.05, 0) is 39.8 Å². The van der Waals surface area contributed by atoms with Crippen LogP contribution < -0.4 is 0 Å². The molecule has 6 atom stereocenters. The monoisotopic (exact) mass is 444 g/mol. The molecule has 1 unspecified atom stereocenters. The molecule has 0 bridgehead atoms. The maximum absolute atomic E-state index is 12.8. The van der Waals surface area contributed by atoms with Gasteiger partial charge in [0.15, 0.2) is 30.1 Å². The van der Waals surface area contributed by atoms with E-state index in [2.05, 4.69) is 18.4 Å². The van der Waals surface area contributed by atoms with Gasteiger partial charge >= 0.3 is 5.97 Å². The molecule has 8 heteroatoms. The zero-order valence-corrected chi connectivity index (χ0v) is 18.6. The summed E-state index contributed by atoms with van der Waals surface area (Å²) < 4.78 is 35.0. The highest BCUT2D eigenvalue weighted by Crippen LogP contribution is 2.42. The standard InChI is InChI=1S/C24H28O8/c1-14(16(25)12-11-15-9-7-6-8-10-15)21(26)28-19-18(17-13-27-23(2,3)30-17)29-22-20(19)31-24(4,5)32-22/h6-10,16-20,22,25H,1,13H2,2-5H3/t16?,17-,18-,19+,20-,22-/m1/s1. The lowest BCUT2D eigenvalue weighted by Crippen LogP contribution is -2.45. The van der Waals surface area contributed by atoms with Crippen molar-refractivity contribution in [2.45, 2.75) is 76.1 Å². The lowest BCUT2D eigenvalue weighted by molar-refractivity contribution is -0.235. The van der Waals surface area contributed by atoms with Crippen LogP contribution in [0.5, 0.6) is 0 Å². The lowest BCUT2D eigenvalue weighted by Gasteiger charge is -2.29. The Bertz CT molecular complexity index is 928. The number of rotatable bonds is 4. The summed E-state index contributed by atoms with van der Waals surface area (Å²) >= 11 is 0.